The van der Waals surface area contributed by atoms with Crippen LogP contribution >= 0.6 is 0 Å². The van der Waals surface area contributed by atoms with Gasteiger partial charge in [0.25, 0.3) is 0 Å². The second-order valence-electron chi connectivity index (χ2n) is 8.57. The molecule has 4 rings (SSSR count). The molecule has 7 heteroatoms. The number of nitrogen functional groups attached to an aromatic ring is 1. The van der Waals surface area contributed by atoms with E-state index in [0.29, 0.717) is 12.1 Å². The second-order valence-corrected chi connectivity index (χ2v) is 8.57. The van der Waals surface area contributed by atoms with Crippen LogP contribution in [0.5, 0.6) is 0 Å². The molecule has 2 aliphatic rings. The van der Waals surface area contributed by atoms with E-state index in [2.05, 4.69) is 14.9 Å². The van der Waals surface area contributed by atoms with Crippen molar-refractivity contribution in [2.24, 2.45) is 0 Å². The molecule has 30 heavy (non-hydrogen) atoms. The number of nitrogens with zero attached hydrogens (tertiary/aromatic N) is 4. The van der Waals surface area contributed by atoms with E-state index >= 15 is 0 Å². The quantitative estimate of drug-likeness (QED) is 0.733. The number of anilines is 1. The van der Waals surface area contributed by atoms with Crippen LogP contribution in [0.25, 0.3) is 11.3 Å². The third kappa shape index (κ3) is 5.08. The van der Waals surface area contributed by atoms with Gasteiger partial charge in [-0.05, 0) is 51.7 Å². The highest BCUT2D eigenvalue weighted by Gasteiger charge is 2.36. The molecular formula is C23H31N5O2. The Bertz CT molecular complexity index is 841. The number of piperidine rings is 1. The van der Waals surface area contributed by atoms with Crippen LogP contribution in [0.3, 0.4) is 0 Å². The smallest absolute Gasteiger partial charge is 0.410 e. The first-order chi connectivity index (χ1) is 14.5. The average molecular weight is 410 g/mol. The summed E-state index contributed by atoms with van der Waals surface area (Å²) in [5, 5.41) is 0. The Morgan fingerprint density at radius 3 is 2.33 bits per heavy atom. The Kier molecular flexibility index (Phi) is 6.18. The minimum Gasteiger partial charge on any atom is -0.447 e. The van der Waals surface area contributed by atoms with Gasteiger partial charge in [0.15, 0.2) is 0 Å². The van der Waals surface area contributed by atoms with Gasteiger partial charge in [0, 0.05) is 43.0 Å². The van der Waals surface area contributed by atoms with Gasteiger partial charge in [0.2, 0.25) is 0 Å². The second kappa shape index (κ2) is 9.00. The number of rotatable bonds is 6. The number of aromatic nitrogens is 2. The van der Waals surface area contributed by atoms with E-state index in [4.69, 9.17) is 10.5 Å². The topological polar surface area (TPSA) is 84.6 Å². The minimum absolute atomic E-state index is 0.0759. The highest BCUT2D eigenvalue weighted by Crippen LogP contribution is 2.33. The van der Waals surface area contributed by atoms with Crippen molar-refractivity contribution in [1.29, 1.82) is 0 Å². The van der Waals surface area contributed by atoms with Crippen LogP contribution < -0.4 is 5.73 Å². The first kappa shape index (κ1) is 20.6. The lowest BCUT2D eigenvalue weighted by Gasteiger charge is -2.38. The Morgan fingerprint density at radius 2 is 1.77 bits per heavy atom. The van der Waals surface area contributed by atoms with Crippen LogP contribution in [-0.2, 0) is 11.3 Å². The Labute approximate surface area is 178 Å². The summed E-state index contributed by atoms with van der Waals surface area (Å²) in [5.41, 5.74) is 9.37. The summed E-state index contributed by atoms with van der Waals surface area (Å²) in [6.45, 7) is 6.08. The van der Waals surface area contributed by atoms with Gasteiger partial charge in [0.05, 0.1) is 29.9 Å². The number of amides is 1. The number of ether oxygens (including phenoxy) is 1. The van der Waals surface area contributed by atoms with E-state index in [1.807, 2.05) is 55.4 Å². The fraction of sp³-hybridized carbons (Fsp3) is 0.522. The Hall–Kier alpha value is -2.67. The van der Waals surface area contributed by atoms with Gasteiger partial charge in [0.1, 0.15) is 0 Å². The number of benzene rings is 1. The number of carbonyl (C=O) groups is 1. The van der Waals surface area contributed by atoms with Crippen molar-refractivity contribution in [3.63, 3.8) is 0 Å². The zero-order valence-electron chi connectivity index (χ0n) is 17.8. The number of hydrogen-bond acceptors (Lipinski definition) is 6. The van der Waals surface area contributed by atoms with Crippen molar-refractivity contribution in [3.8, 4) is 11.3 Å². The molecule has 0 radical (unpaired) electrons. The average Bonchev–Trinajstić information content (AvgIpc) is 3.58. The van der Waals surface area contributed by atoms with Crippen molar-refractivity contribution >= 4 is 11.8 Å². The fourth-order valence-electron chi connectivity index (χ4n) is 4.05. The molecule has 0 spiro atoms. The normalized spacial score (nSPS) is 17.5. The maximum absolute atomic E-state index is 12.2. The molecule has 1 aliphatic carbocycles. The third-order valence-corrected chi connectivity index (χ3v) is 5.80. The summed E-state index contributed by atoms with van der Waals surface area (Å²) in [6.07, 6.45) is 7.89. The standard InChI is InChI=1S/C23H31N5O2/c1-16(2)30-23(29)27-11-9-21(10-12-27)28(20-7-8-20)15-19-13-26-22(14-25-19)17-3-5-18(24)6-4-17/h3-6,13-14,16,20-21H,7-12,15,24H2,1-2H3. The van der Waals surface area contributed by atoms with Gasteiger partial charge in [-0.3, -0.25) is 14.9 Å². The van der Waals surface area contributed by atoms with E-state index in [0.717, 1.165) is 55.1 Å². The predicted molar refractivity (Wildman–Crippen MR) is 117 cm³/mol. The molecule has 0 unspecified atom stereocenters. The lowest BCUT2D eigenvalue weighted by atomic mass is 10.0. The maximum Gasteiger partial charge on any atom is 0.410 e. The molecule has 0 atom stereocenters. The third-order valence-electron chi connectivity index (χ3n) is 5.80. The number of hydrogen-bond donors (Lipinski definition) is 1. The van der Waals surface area contributed by atoms with Crippen LogP contribution in [0.15, 0.2) is 36.7 Å². The summed E-state index contributed by atoms with van der Waals surface area (Å²) in [6, 6.07) is 8.79. The molecule has 2 fully saturated rings. The van der Waals surface area contributed by atoms with Crippen LogP contribution in [0.4, 0.5) is 10.5 Å². The molecule has 1 aliphatic heterocycles. The monoisotopic (exact) mass is 409 g/mol. The summed E-state index contributed by atoms with van der Waals surface area (Å²) in [4.78, 5) is 25.9. The van der Waals surface area contributed by atoms with Gasteiger partial charge in [-0.1, -0.05) is 12.1 Å². The number of carbonyl (C=O) groups excluding carboxylic acids is 1. The molecule has 1 aromatic carbocycles. The maximum atomic E-state index is 12.2. The van der Waals surface area contributed by atoms with E-state index in [9.17, 15) is 4.79 Å². The fourth-order valence-corrected chi connectivity index (χ4v) is 4.05. The summed E-state index contributed by atoms with van der Waals surface area (Å²) < 4.78 is 5.34. The molecule has 2 aromatic rings. The molecule has 1 saturated carbocycles. The van der Waals surface area contributed by atoms with Gasteiger partial charge in [-0.15, -0.1) is 0 Å². The van der Waals surface area contributed by atoms with Gasteiger partial charge >= 0.3 is 6.09 Å². The van der Waals surface area contributed by atoms with Crippen molar-refractivity contribution in [2.45, 2.75) is 64.3 Å². The highest BCUT2D eigenvalue weighted by molar-refractivity contribution is 5.67. The SMILES string of the molecule is CC(C)OC(=O)N1CCC(N(Cc2cnc(-c3ccc(N)cc3)cn2)C2CC2)CC1. The lowest BCUT2D eigenvalue weighted by molar-refractivity contribution is 0.0515. The first-order valence-electron chi connectivity index (χ1n) is 10.9. The lowest BCUT2D eigenvalue weighted by Crippen LogP contribution is -2.47. The number of likely N-dealkylation sites (tertiary alicyclic amines) is 1. The van der Waals surface area contributed by atoms with E-state index in [1.165, 1.54) is 12.8 Å². The minimum atomic E-state index is -0.189. The van der Waals surface area contributed by atoms with Gasteiger partial charge in [-0.25, -0.2) is 4.79 Å². The highest BCUT2D eigenvalue weighted by atomic mass is 16.6. The predicted octanol–water partition coefficient (Wildman–Crippen LogP) is 3.70. The first-order valence-corrected chi connectivity index (χ1v) is 10.9. The van der Waals surface area contributed by atoms with Crippen LogP contribution in [0.2, 0.25) is 0 Å². The molecule has 160 valence electrons. The van der Waals surface area contributed by atoms with Crippen molar-refractivity contribution in [3.05, 3.63) is 42.4 Å². The molecular weight excluding hydrogens is 378 g/mol. The van der Waals surface area contributed by atoms with Crippen LogP contribution in [-0.4, -0.2) is 57.1 Å². The summed E-state index contributed by atoms with van der Waals surface area (Å²) in [5.74, 6) is 0. The van der Waals surface area contributed by atoms with Gasteiger partial charge in [-0.2, -0.15) is 0 Å². The molecule has 0 bridgehead atoms. The van der Waals surface area contributed by atoms with Crippen molar-refractivity contribution < 1.29 is 9.53 Å². The van der Waals surface area contributed by atoms with Crippen molar-refractivity contribution in [2.75, 3.05) is 18.8 Å². The zero-order chi connectivity index (χ0) is 21.1. The molecule has 1 aromatic heterocycles. The molecule has 1 amide bonds. The number of nitrogens with two attached hydrogens (primary N) is 1. The zero-order valence-corrected chi connectivity index (χ0v) is 17.8. The van der Waals surface area contributed by atoms with Gasteiger partial charge < -0.3 is 15.4 Å². The molecule has 7 nitrogen and oxygen atoms in total. The summed E-state index contributed by atoms with van der Waals surface area (Å²) >= 11 is 0. The van der Waals surface area contributed by atoms with E-state index in [-0.39, 0.29) is 12.2 Å². The molecule has 2 heterocycles. The summed E-state index contributed by atoms with van der Waals surface area (Å²) in [7, 11) is 0. The van der Waals surface area contributed by atoms with Crippen LogP contribution in [0.1, 0.15) is 45.2 Å². The molecule has 1 saturated heterocycles. The molecule has 2 N–H and O–H groups in total. The van der Waals surface area contributed by atoms with Crippen molar-refractivity contribution in [1.82, 2.24) is 19.8 Å². The van der Waals surface area contributed by atoms with E-state index < -0.39 is 0 Å². The largest absolute Gasteiger partial charge is 0.447 e. The Balaban J connectivity index is 1.36. The van der Waals surface area contributed by atoms with E-state index in [1.54, 1.807) is 0 Å². The Morgan fingerprint density at radius 1 is 1.10 bits per heavy atom. The van der Waals surface area contributed by atoms with Crippen LogP contribution in [0, 0.1) is 0 Å².